The molecule has 0 radical (unpaired) electrons. The van der Waals surface area contributed by atoms with Crippen molar-refractivity contribution in [1.29, 1.82) is 0 Å². The van der Waals surface area contributed by atoms with Gasteiger partial charge in [-0.25, -0.2) is 0 Å². The van der Waals surface area contributed by atoms with Gasteiger partial charge in [0.05, 0.1) is 30.1 Å². The molecule has 1 aromatic rings. The van der Waals surface area contributed by atoms with Crippen molar-refractivity contribution in [2.24, 2.45) is 17.8 Å². The van der Waals surface area contributed by atoms with E-state index in [1.165, 1.54) is 6.42 Å². The van der Waals surface area contributed by atoms with Gasteiger partial charge in [0.25, 0.3) is 0 Å². The Kier molecular flexibility index (Phi) is 7.81. The van der Waals surface area contributed by atoms with Crippen LogP contribution in [0.3, 0.4) is 0 Å². The summed E-state index contributed by atoms with van der Waals surface area (Å²) >= 11 is 0. The number of aliphatic hydroxyl groups excluding tert-OH is 1. The number of aliphatic hydroxyl groups is 1. The second kappa shape index (κ2) is 11.3. The van der Waals surface area contributed by atoms with Crippen LogP contribution in [0.25, 0.3) is 0 Å². The first-order valence-corrected chi connectivity index (χ1v) is 15.8. The zero-order valence-corrected chi connectivity index (χ0v) is 25.2. The Morgan fingerprint density at radius 3 is 2.33 bits per heavy atom. The van der Waals surface area contributed by atoms with Crippen LogP contribution < -0.4 is 0 Å². The zero-order valence-electron chi connectivity index (χ0n) is 25.2. The third kappa shape index (κ3) is 4.71. The highest BCUT2D eigenvalue weighted by Crippen LogP contribution is 2.58. The van der Waals surface area contributed by atoms with Crippen molar-refractivity contribution >= 4 is 17.7 Å². The number of carbonyl (C=O) groups is 3. The summed E-state index contributed by atoms with van der Waals surface area (Å²) in [4.78, 5) is 49.3. The van der Waals surface area contributed by atoms with Crippen LogP contribution in [0.1, 0.15) is 64.9 Å². The van der Waals surface area contributed by atoms with Gasteiger partial charge in [-0.3, -0.25) is 14.4 Å². The van der Waals surface area contributed by atoms with Gasteiger partial charge in [0.1, 0.15) is 11.6 Å². The maximum Gasteiger partial charge on any atom is 0.249 e. The van der Waals surface area contributed by atoms with E-state index in [0.717, 1.165) is 31.2 Å². The van der Waals surface area contributed by atoms with E-state index < -0.39 is 35.1 Å². The highest BCUT2D eigenvalue weighted by molar-refractivity contribution is 6.00. The van der Waals surface area contributed by atoms with E-state index in [2.05, 4.69) is 13.8 Å². The molecule has 6 rings (SSSR count). The largest absolute Gasteiger partial charge is 0.394 e. The van der Waals surface area contributed by atoms with Crippen LogP contribution in [0.2, 0.25) is 0 Å². The molecular formula is C34H45N3O5. The quantitative estimate of drug-likeness (QED) is 0.501. The number of hydrogen-bond donors (Lipinski definition) is 1. The first kappa shape index (κ1) is 29.1. The third-order valence-electron chi connectivity index (χ3n) is 10.2. The molecule has 4 aliphatic heterocycles. The van der Waals surface area contributed by atoms with Gasteiger partial charge in [-0.05, 0) is 37.7 Å². The smallest absolute Gasteiger partial charge is 0.249 e. The molecular weight excluding hydrogens is 530 g/mol. The van der Waals surface area contributed by atoms with E-state index in [1.54, 1.807) is 9.80 Å². The van der Waals surface area contributed by atoms with Gasteiger partial charge in [-0.15, -0.1) is 0 Å². The third-order valence-corrected chi connectivity index (χ3v) is 10.2. The molecule has 1 saturated carbocycles. The van der Waals surface area contributed by atoms with Crippen molar-refractivity contribution in [1.82, 2.24) is 14.7 Å². The van der Waals surface area contributed by atoms with Crippen LogP contribution in [0, 0.1) is 17.8 Å². The number of rotatable bonds is 7. The Balaban J connectivity index is 1.44. The van der Waals surface area contributed by atoms with Crippen molar-refractivity contribution in [2.75, 3.05) is 19.7 Å². The normalized spacial score (nSPS) is 34.0. The molecule has 2 saturated heterocycles. The summed E-state index contributed by atoms with van der Waals surface area (Å²) in [6, 6.07) is 8.50. The van der Waals surface area contributed by atoms with Gasteiger partial charge in [-0.2, -0.15) is 0 Å². The van der Waals surface area contributed by atoms with Crippen LogP contribution in [-0.2, 0) is 25.7 Å². The molecule has 1 aliphatic carbocycles. The molecule has 0 bridgehead atoms. The molecule has 3 fully saturated rings. The van der Waals surface area contributed by atoms with E-state index in [1.807, 2.05) is 66.5 Å². The molecule has 4 heterocycles. The summed E-state index contributed by atoms with van der Waals surface area (Å²) < 4.78 is 6.99. The summed E-state index contributed by atoms with van der Waals surface area (Å²) in [6.45, 7) is 7.04. The average molecular weight is 576 g/mol. The van der Waals surface area contributed by atoms with Crippen LogP contribution in [0.5, 0.6) is 0 Å². The van der Waals surface area contributed by atoms with E-state index >= 15 is 0 Å². The van der Waals surface area contributed by atoms with Gasteiger partial charge >= 0.3 is 0 Å². The average Bonchev–Trinajstić information content (AvgIpc) is 3.26. The van der Waals surface area contributed by atoms with Crippen LogP contribution in [0.15, 0.2) is 54.6 Å². The highest BCUT2D eigenvalue weighted by Gasteiger charge is 2.75. The van der Waals surface area contributed by atoms with Crippen LogP contribution in [-0.4, -0.2) is 86.6 Å². The molecule has 42 heavy (non-hydrogen) atoms. The predicted molar refractivity (Wildman–Crippen MR) is 159 cm³/mol. The second-order valence-electron chi connectivity index (χ2n) is 13.5. The number of likely N-dealkylation sites (tertiary alicyclic amines) is 1. The summed E-state index contributed by atoms with van der Waals surface area (Å²) in [5.74, 6) is -1.98. The minimum atomic E-state index is -1.29. The molecule has 1 unspecified atom stereocenters. The highest BCUT2D eigenvalue weighted by atomic mass is 16.5. The zero-order chi connectivity index (χ0) is 29.6. The SMILES string of the molecule is CC(C)C[C@H](CO)N1C(=O)[C@@H]2[C@@H]3C(=O)N(Cc4ccccc4)CC=C[C@]3(C)O[C@@]23C=CCN(C2CCCCC2)C(=O)C13. The standard InChI is InChI=1S/C34H45N3O5/c1-23(2)20-26(22-38)37-29-32(41)36(25-14-8-5-9-15-25)19-11-17-34(29)28(31(37)40)27-30(39)35(18-10-16-33(27,3)42-34)21-24-12-6-4-7-13-24/h4,6-7,10-13,16-17,23,25-29,38H,5,8-9,14-15,18-22H2,1-3H3/t26-,27-,28+,29?,33+,34+/m1/s1. The van der Waals surface area contributed by atoms with Crippen molar-refractivity contribution in [3.05, 3.63) is 60.2 Å². The Labute approximate surface area is 249 Å². The Morgan fingerprint density at radius 1 is 0.929 bits per heavy atom. The fourth-order valence-corrected chi connectivity index (χ4v) is 8.41. The molecule has 1 N–H and O–H groups in total. The van der Waals surface area contributed by atoms with E-state index in [9.17, 15) is 19.5 Å². The summed E-state index contributed by atoms with van der Waals surface area (Å²) in [6.07, 6.45) is 13.6. The van der Waals surface area contributed by atoms with Crippen LogP contribution in [0.4, 0.5) is 0 Å². The van der Waals surface area contributed by atoms with Crippen LogP contribution >= 0.6 is 0 Å². The first-order chi connectivity index (χ1) is 20.2. The van der Waals surface area contributed by atoms with Gasteiger partial charge in [0.2, 0.25) is 17.7 Å². The van der Waals surface area contributed by atoms with Crippen molar-refractivity contribution < 1.29 is 24.2 Å². The summed E-state index contributed by atoms with van der Waals surface area (Å²) in [5, 5.41) is 10.6. The minimum Gasteiger partial charge on any atom is -0.394 e. The van der Waals surface area contributed by atoms with Gasteiger partial charge < -0.3 is 24.5 Å². The summed E-state index contributed by atoms with van der Waals surface area (Å²) in [7, 11) is 0. The lowest BCUT2D eigenvalue weighted by atomic mass is 9.74. The second-order valence-corrected chi connectivity index (χ2v) is 13.5. The van der Waals surface area contributed by atoms with Gasteiger partial charge in [0, 0.05) is 25.7 Å². The first-order valence-electron chi connectivity index (χ1n) is 15.8. The maximum atomic E-state index is 14.7. The molecule has 8 heteroatoms. The van der Waals surface area contributed by atoms with E-state index in [4.69, 9.17) is 4.74 Å². The Hall–Kier alpha value is -2.97. The number of amides is 3. The number of nitrogens with zero attached hydrogens (tertiary/aromatic N) is 3. The van der Waals surface area contributed by atoms with Crippen molar-refractivity contribution in [3.63, 3.8) is 0 Å². The lowest BCUT2D eigenvalue weighted by Crippen LogP contribution is -2.60. The number of ether oxygens (including phenoxy) is 1. The minimum absolute atomic E-state index is 0.116. The monoisotopic (exact) mass is 575 g/mol. The lowest BCUT2D eigenvalue weighted by molar-refractivity contribution is -0.157. The van der Waals surface area contributed by atoms with E-state index in [-0.39, 0.29) is 36.3 Å². The molecule has 226 valence electrons. The lowest BCUT2D eigenvalue weighted by Gasteiger charge is -2.42. The molecule has 1 aromatic carbocycles. The Bertz CT molecular complexity index is 1260. The van der Waals surface area contributed by atoms with Gasteiger partial charge in [0.15, 0.2) is 0 Å². The topological polar surface area (TPSA) is 90.4 Å². The van der Waals surface area contributed by atoms with Crippen molar-refractivity contribution in [2.45, 2.75) is 95.2 Å². The molecule has 1 spiro atoms. The summed E-state index contributed by atoms with van der Waals surface area (Å²) in [5.41, 5.74) is -1.33. The molecule has 3 amide bonds. The van der Waals surface area contributed by atoms with E-state index in [0.29, 0.717) is 26.1 Å². The molecule has 8 nitrogen and oxygen atoms in total. The number of hydrogen-bond acceptors (Lipinski definition) is 5. The number of fused-ring (bicyclic) bond motifs is 2. The fraction of sp³-hybridized carbons (Fsp3) is 0.618. The number of benzene rings is 1. The molecule has 6 atom stereocenters. The molecule has 5 aliphatic rings. The maximum absolute atomic E-state index is 14.7. The predicted octanol–water partition coefficient (Wildman–Crippen LogP) is 3.69. The fourth-order valence-electron chi connectivity index (χ4n) is 8.41. The van der Waals surface area contributed by atoms with Crippen molar-refractivity contribution in [3.8, 4) is 0 Å². The van der Waals surface area contributed by atoms with Gasteiger partial charge in [-0.1, -0.05) is 87.7 Å². The number of carbonyl (C=O) groups excluding carboxylic acids is 3. The Morgan fingerprint density at radius 2 is 1.64 bits per heavy atom. The molecule has 0 aromatic heterocycles.